The maximum atomic E-state index is 12.0. The zero-order valence-electron chi connectivity index (χ0n) is 11.1. The van der Waals surface area contributed by atoms with Crippen molar-refractivity contribution in [3.05, 3.63) is 23.2 Å². The fraction of sp³-hybridized carbons (Fsp3) is 0.462. The van der Waals surface area contributed by atoms with Crippen LogP contribution in [0.25, 0.3) is 0 Å². The number of benzene rings is 1. The number of amides is 2. The van der Waals surface area contributed by atoms with Gasteiger partial charge < -0.3 is 20.1 Å². The first-order valence-corrected chi connectivity index (χ1v) is 6.59. The van der Waals surface area contributed by atoms with Crippen molar-refractivity contribution in [2.75, 3.05) is 31.6 Å². The largest absolute Gasteiger partial charge is 0.492 e. The molecule has 6 heteroatoms. The molecule has 2 amide bonds. The predicted octanol–water partition coefficient (Wildman–Crippen LogP) is 2.58. The number of hydrogen-bond donors (Lipinski definition) is 2. The number of nitrogens with one attached hydrogen (secondary N) is 1. The third-order valence-corrected chi connectivity index (χ3v) is 2.76. The standard InChI is InChI=1S/C13H19ClN2O3/c1-3-16(7-8-17)13(18)15-11-6-5-10(14)9-12(11)19-4-2/h5-6,9,17H,3-4,7-8H2,1-2H3,(H,15,18). The highest BCUT2D eigenvalue weighted by Crippen LogP contribution is 2.28. The van der Waals surface area contributed by atoms with Gasteiger partial charge in [0, 0.05) is 24.2 Å². The van der Waals surface area contributed by atoms with Gasteiger partial charge in [-0.05, 0) is 26.0 Å². The molecule has 0 spiro atoms. The summed E-state index contributed by atoms with van der Waals surface area (Å²) >= 11 is 5.89. The van der Waals surface area contributed by atoms with E-state index in [0.717, 1.165) is 0 Å². The molecule has 106 valence electrons. The summed E-state index contributed by atoms with van der Waals surface area (Å²) in [6, 6.07) is 4.75. The maximum Gasteiger partial charge on any atom is 0.322 e. The number of aliphatic hydroxyl groups excluding tert-OH is 1. The van der Waals surface area contributed by atoms with Crippen LogP contribution in [0.5, 0.6) is 5.75 Å². The molecule has 0 radical (unpaired) electrons. The van der Waals surface area contributed by atoms with Gasteiger partial charge in [-0.25, -0.2) is 4.79 Å². The van der Waals surface area contributed by atoms with Crippen LogP contribution in [0.1, 0.15) is 13.8 Å². The first-order valence-electron chi connectivity index (χ1n) is 6.21. The molecule has 0 heterocycles. The molecule has 1 aromatic carbocycles. The molecule has 0 aromatic heterocycles. The van der Waals surface area contributed by atoms with Crippen molar-refractivity contribution in [2.45, 2.75) is 13.8 Å². The second kappa shape index (κ2) is 7.86. The van der Waals surface area contributed by atoms with Gasteiger partial charge in [-0.3, -0.25) is 0 Å². The summed E-state index contributed by atoms with van der Waals surface area (Å²) in [6.45, 7) is 4.93. The molecule has 1 aromatic rings. The van der Waals surface area contributed by atoms with E-state index in [0.29, 0.717) is 36.2 Å². The Kier molecular flexibility index (Phi) is 6.45. The van der Waals surface area contributed by atoms with E-state index in [1.807, 2.05) is 13.8 Å². The van der Waals surface area contributed by atoms with Crippen LogP contribution in [0.3, 0.4) is 0 Å². The van der Waals surface area contributed by atoms with Gasteiger partial charge in [-0.15, -0.1) is 0 Å². The number of halogens is 1. The first kappa shape index (κ1) is 15.6. The van der Waals surface area contributed by atoms with Crippen molar-refractivity contribution in [1.82, 2.24) is 4.90 Å². The highest BCUT2D eigenvalue weighted by molar-refractivity contribution is 6.30. The van der Waals surface area contributed by atoms with Crippen molar-refractivity contribution >= 4 is 23.3 Å². The number of nitrogens with zero attached hydrogens (tertiary/aromatic N) is 1. The Morgan fingerprint density at radius 2 is 2.21 bits per heavy atom. The number of anilines is 1. The number of carbonyl (C=O) groups excluding carboxylic acids is 1. The number of carbonyl (C=O) groups is 1. The van der Waals surface area contributed by atoms with Gasteiger partial charge in [0.25, 0.3) is 0 Å². The Hall–Kier alpha value is -1.46. The van der Waals surface area contributed by atoms with E-state index in [4.69, 9.17) is 21.4 Å². The summed E-state index contributed by atoms with van der Waals surface area (Å²) in [6.07, 6.45) is 0. The minimum absolute atomic E-state index is 0.0693. The molecule has 0 saturated carbocycles. The number of urea groups is 1. The van der Waals surface area contributed by atoms with Gasteiger partial charge in [0.05, 0.1) is 18.9 Å². The smallest absolute Gasteiger partial charge is 0.322 e. The van der Waals surface area contributed by atoms with Crippen molar-refractivity contribution in [1.29, 1.82) is 0 Å². The van der Waals surface area contributed by atoms with Gasteiger partial charge in [-0.2, -0.15) is 0 Å². The summed E-state index contributed by atoms with van der Waals surface area (Å²) in [5.41, 5.74) is 0.563. The van der Waals surface area contributed by atoms with Gasteiger partial charge in [0.1, 0.15) is 5.75 Å². The topological polar surface area (TPSA) is 61.8 Å². The van der Waals surface area contributed by atoms with Crippen LogP contribution >= 0.6 is 11.6 Å². The molecule has 19 heavy (non-hydrogen) atoms. The highest BCUT2D eigenvalue weighted by Gasteiger charge is 2.13. The second-order valence-corrected chi connectivity index (χ2v) is 4.24. The highest BCUT2D eigenvalue weighted by atomic mass is 35.5. The fourth-order valence-electron chi connectivity index (χ4n) is 1.59. The minimum atomic E-state index is -0.278. The zero-order valence-corrected chi connectivity index (χ0v) is 11.9. The predicted molar refractivity (Wildman–Crippen MR) is 76.0 cm³/mol. The van der Waals surface area contributed by atoms with Gasteiger partial charge in [-0.1, -0.05) is 11.6 Å². The maximum absolute atomic E-state index is 12.0. The zero-order chi connectivity index (χ0) is 14.3. The van der Waals surface area contributed by atoms with E-state index < -0.39 is 0 Å². The Bertz CT molecular complexity index is 426. The molecule has 0 atom stereocenters. The lowest BCUT2D eigenvalue weighted by Crippen LogP contribution is -2.36. The van der Waals surface area contributed by atoms with Crippen molar-refractivity contribution in [3.63, 3.8) is 0 Å². The molecular formula is C13H19ClN2O3. The summed E-state index contributed by atoms with van der Waals surface area (Å²) in [5, 5.41) is 12.2. The van der Waals surface area contributed by atoms with E-state index in [2.05, 4.69) is 5.32 Å². The van der Waals surface area contributed by atoms with Crippen LogP contribution in [0, 0.1) is 0 Å². The fourth-order valence-corrected chi connectivity index (χ4v) is 1.75. The number of hydrogen-bond acceptors (Lipinski definition) is 3. The molecule has 0 aliphatic rings. The third kappa shape index (κ3) is 4.61. The number of ether oxygens (including phenoxy) is 1. The number of aliphatic hydroxyl groups is 1. The van der Waals surface area contributed by atoms with E-state index >= 15 is 0 Å². The summed E-state index contributed by atoms with van der Waals surface area (Å²) in [5.74, 6) is 0.531. The molecule has 0 bridgehead atoms. The molecule has 0 aliphatic carbocycles. The normalized spacial score (nSPS) is 10.1. The molecule has 0 fully saturated rings. The minimum Gasteiger partial charge on any atom is -0.492 e. The van der Waals surface area contributed by atoms with Crippen LogP contribution in [-0.2, 0) is 0 Å². The summed E-state index contributed by atoms with van der Waals surface area (Å²) in [4.78, 5) is 13.5. The van der Waals surface area contributed by atoms with E-state index in [1.165, 1.54) is 4.90 Å². The summed E-state index contributed by atoms with van der Waals surface area (Å²) < 4.78 is 5.42. The molecule has 0 aliphatic heterocycles. The lowest BCUT2D eigenvalue weighted by Gasteiger charge is -2.21. The molecule has 0 saturated heterocycles. The third-order valence-electron chi connectivity index (χ3n) is 2.52. The van der Waals surface area contributed by atoms with E-state index in [-0.39, 0.29) is 12.6 Å². The molecule has 2 N–H and O–H groups in total. The lowest BCUT2D eigenvalue weighted by atomic mass is 10.3. The van der Waals surface area contributed by atoms with Gasteiger partial charge in [0.2, 0.25) is 0 Å². The van der Waals surface area contributed by atoms with Crippen LogP contribution in [0.2, 0.25) is 5.02 Å². The monoisotopic (exact) mass is 286 g/mol. The SMILES string of the molecule is CCOc1cc(Cl)ccc1NC(=O)N(CC)CCO. The van der Waals surface area contributed by atoms with Crippen molar-refractivity contribution in [2.24, 2.45) is 0 Å². The average Bonchev–Trinajstić information content (AvgIpc) is 2.39. The summed E-state index contributed by atoms with van der Waals surface area (Å²) in [7, 11) is 0. The Labute approximate surface area is 118 Å². The molecular weight excluding hydrogens is 268 g/mol. The average molecular weight is 287 g/mol. The Morgan fingerprint density at radius 1 is 1.47 bits per heavy atom. The van der Waals surface area contributed by atoms with E-state index in [9.17, 15) is 4.79 Å². The number of rotatable bonds is 6. The molecule has 5 nitrogen and oxygen atoms in total. The number of likely N-dealkylation sites (N-methyl/N-ethyl adjacent to an activating group) is 1. The Morgan fingerprint density at radius 3 is 2.79 bits per heavy atom. The molecule has 0 unspecified atom stereocenters. The van der Waals surface area contributed by atoms with Crippen LogP contribution in [0.4, 0.5) is 10.5 Å². The first-order chi connectivity index (χ1) is 9.12. The van der Waals surface area contributed by atoms with E-state index in [1.54, 1.807) is 18.2 Å². The van der Waals surface area contributed by atoms with Crippen molar-refractivity contribution in [3.8, 4) is 5.75 Å². The van der Waals surface area contributed by atoms with Crippen molar-refractivity contribution < 1.29 is 14.6 Å². The molecule has 1 rings (SSSR count). The quantitative estimate of drug-likeness (QED) is 0.845. The lowest BCUT2D eigenvalue weighted by molar-refractivity contribution is 0.192. The second-order valence-electron chi connectivity index (χ2n) is 3.81. The van der Waals surface area contributed by atoms with Crippen LogP contribution in [0.15, 0.2) is 18.2 Å². The van der Waals surface area contributed by atoms with Gasteiger partial charge >= 0.3 is 6.03 Å². The van der Waals surface area contributed by atoms with Crippen LogP contribution < -0.4 is 10.1 Å². The Balaban J connectivity index is 2.83. The van der Waals surface area contributed by atoms with Gasteiger partial charge in [0.15, 0.2) is 0 Å². The van der Waals surface area contributed by atoms with Crippen LogP contribution in [-0.4, -0.2) is 42.3 Å².